The summed E-state index contributed by atoms with van der Waals surface area (Å²) in [4.78, 5) is 14.1. The second-order valence-corrected chi connectivity index (χ2v) is 7.15. The van der Waals surface area contributed by atoms with Gasteiger partial charge >= 0.3 is 0 Å². The average Bonchev–Trinajstić information content (AvgIpc) is 2.91. The fourth-order valence-electron chi connectivity index (χ4n) is 3.15. The molecular formula is C19H25N5O2. The molecule has 0 unspecified atom stereocenters. The van der Waals surface area contributed by atoms with E-state index in [1.807, 2.05) is 31.2 Å². The van der Waals surface area contributed by atoms with Gasteiger partial charge in [0.2, 0.25) is 0 Å². The van der Waals surface area contributed by atoms with Crippen LogP contribution >= 0.6 is 0 Å². The Bertz CT molecular complexity index is 969. The molecule has 0 bridgehead atoms. The highest BCUT2D eigenvalue weighted by molar-refractivity contribution is 6.06. The lowest BCUT2D eigenvalue weighted by atomic mass is 10.1. The van der Waals surface area contributed by atoms with Gasteiger partial charge in [0.15, 0.2) is 5.82 Å². The minimum absolute atomic E-state index is 0.400. The number of hydrogen-bond donors (Lipinski definition) is 2. The predicted octanol–water partition coefficient (Wildman–Crippen LogP) is 2.89. The first kappa shape index (κ1) is 18.1. The number of aliphatic hydroxyl groups is 1. The molecule has 0 spiro atoms. The SMILES string of the molecule is CO/N=C(\C)CCc1nc2c(N)nc3ccccc3c2n1CC(C)(C)O. The predicted molar refractivity (Wildman–Crippen MR) is 104 cm³/mol. The highest BCUT2D eigenvalue weighted by Gasteiger charge is 2.22. The molecule has 3 N–H and O–H groups in total. The number of imidazole rings is 1. The Morgan fingerprint density at radius 3 is 2.73 bits per heavy atom. The Morgan fingerprint density at radius 2 is 2.04 bits per heavy atom. The zero-order valence-electron chi connectivity index (χ0n) is 15.7. The van der Waals surface area contributed by atoms with Crippen molar-refractivity contribution in [3.8, 4) is 0 Å². The van der Waals surface area contributed by atoms with Crippen LogP contribution in [0.5, 0.6) is 0 Å². The number of pyridine rings is 1. The van der Waals surface area contributed by atoms with Gasteiger partial charge in [-0.2, -0.15) is 0 Å². The van der Waals surface area contributed by atoms with E-state index in [9.17, 15) is 5.11 Å². The van der Waals surface area contributed by atoms with E-state index >= 15 is 0 Å². The van der Waals surface area contributed by atoms with E-state index in [4.69, 9.17) is 15.6 Å². The molecule has 26 heavy (non-hydrogen) atoms. The molecule has 0 amide bonds. The van der Waals surface area contributed by atoms with Crippen LogP contribution in [0.15, 0.2) is 29.4 Å². The van der Waals surface area contributed by atoms with Crippen LogP contribution < -0.4 is 5.73 Å². The van der Waals surface area contributed by atoms with Gasteiger partial charge in [-0.1, -0.05) is 23.4 Å². The molecular weight excluding hydrogens is 330 g/mol. The summed E-state index contributed by atoms with van der Waals surface area (Å²) < 4.78 is 2.05. The van der Waals surface area contributed by atoms with Crippen molar-refractivity contribution in [2.75, 3.05) is 12.8 Å². The van der Waals surface area contributed by atoms with E-state index in [1.54, 1.807) is 13.8 Å². The van der Waals surface area contributed by atoms with Gasteiger partial charge in [-0.3, -0.25) is 0 Å². The number of rotatable bonds is 6. The quantitative estimate of drug-likeness (QED) is 0.523. The summed E-state index contributed by atoms with van der Waals surface area (Å²) in [6.07, 6.45) is 1.37. The van der Waals surface area contributed by atoms with Gasteiger partial charge in [0.1, 0.15) is 18.5 Å². The number of nitrogen functional groups attached to an aromatic ring is 1. The van der Waals surface area contributed by atoms with Crippen molar-refractivity contribution in [3.05, 3.63) is 30.1 Å². The largest absolute Gasteiger partial charge is 0.399 e. The maximum atomic E-state index is 10.4. The number of nitrogens with zero attached hydrogens (tertiary/aromatic N) is 4. The Hall–Kier alpha value is -2.67. The van der Waals surface area contributed by atoms with E-state index in [1.165, 1.54) is 7.11 Å². The average molecular weight is 355 g/mol. The first-order chi connectivity index (χ1) is 12.3. The van der Waals surface area contributed by atoms with Gasteiger partial charge in [-0.05, 0) is 33.3 Å². The van der Waals surface area contributed by atoms with Crippen molar-refractivity contribution in [1.82, 2.24) is 14.5 Å². The summed E-state index contributed by atoms with van der Waals surface area (Å²) in [7, 11) is 1.53. The lowest BCUT2D eigenvalue weighted by Gasteiger charge is -2.20. The van der Waals surface area contributed by atoms with Crippen LogP contribution in [0.3, 0.4) is 0 Å². The zero-order valence-corrected chi connectivity index (χ0v) is 15.7. The maximum absolute atomic E-state index is 10.4. The Balaban J connectivity index is 2.20. The van der Waals surface area contributed by atoms with Crippen molar-refractivity contribution in [1.29, 1.82) is 0 Å². The molecule has 0 saturated carbocycles. The van der Waals surface area contributed by atoms with E-state index in [2.05, 4.69) is 14.7 Å². The van der Waals surface area contributed by atoms with Gasteiger partial charge in [0.05, 0.1) is 28.9 Å². The molecule has 0 fully saturated rings. The molecule has 1 aromatic carbocycles. The molecule has 2 heterocycles. The first-order valence-corrected chi connectivity index (χ1v) is 8.62. The normalized spacial score (nSPS) is 12.9. The van der Waals surface area contributed by atoms with Crippen molar-refractivity contribution < 1.29 is 9.94 Å². The van der Waals surface area contributed by atoms with Crippen LogP contribution in [0.25, 0.3) is 21.9 Å². The number of oxime groups is 1. The summed E-state index contributed by atoms with van der Waals surface area (Å²) in [6, 6.07) is 7.84. The minimum atomic E-state index is -0.892. The number of aromatic nitrogens is 3. The molecule has 0 radical (unpaired) electrons. The highest BCUT2D eigenvalue weighted by atomic mass is 16.6. The Morgan fingerprint density at radius 1 is 1.31 bits per heavy atom. The molecule has 3 aromatic rings. The number of para-hydroxylation sites is 1. The van der Waals surface area contributed by atoms with Crippen LogP contribution in [-0.2, 0) is 17.8 Å². The lowest BCUT2D eigenvalue weighted by molar-refractivity contribution is 0.0619. The van der Waals surface area contributed by atoms with Gasteiger partial charge < -0.3 is 20.2 Å². The molecule has 7 heteroatoms. The fraction of sp³-hybridized carbons (Fsp3) is 0.421. The van der Waals surface area contributed by atoms with Crippen LogP contribution in [-0.4, -0.2) is 38.1 Å². The third-order valence-electron chi connectivity index (χ3n) is 4.19. The zero-order chi connectivity index (χ0) is 18.9. The number of nitrogens with two attached hydrogens (primary N) is 1. The number of benzene rings is 1. The molecule has 0 aliphatic carbocycles. The molecule has 0 atom stereocenters. The number of fused-ring (bicyclic) bond motifs is 3. The maximum Gasteiger partial charge on any atom is 0.152 e. The Labute approximate surface area is 152 Å². The molecule has 0 saturated heterocycles. The lowest BCUT2D eigenvalue weighted by Crippen LogP contribution is -2.27. The number of hydrogen-bond acceptors (Lipinski definition) is 6. The van der Waals surface area contributed by atoms with Gasteiger partial charge in [0.25, 0.3) is 0 Å². The topological polar surface area (TPSA) is 98.5 Å². The molecule has 138 valence electrons. The van der Waals surface area contributed by atoms with Crippen molar-refractivity contribution >= 4 is 33.5 Å². The smallest absolute Gasteiger partial charge is 0.152 e. The summed E-state index contributed by atoms with van der Waals surface area (Å²) >= 11 is 0. The van der Waals surface area contributed by atoms with Crippen molar-refractivity contribution in [2.45, 2.75) is 45.8 Å². The molecule has 3 rings (SSSR count). The van der Waals surface area contributed by atoms with Gasteiger partial charge in [-0.25, -0.2) is 9.97 Å². The van der Waals surface area contributed by atoms with E-state index in [-0.39, 0.29) is 0 Å². The second kappa shape index (κ2) is 6.92. The molecule has 2 aromatic heterocycles. The van der Waals surface area contributed by atoms with Crippen LogP contribution in [0.4, 0.5) is 5.82 Å². The fourth-order valence-corrected chi connectivity index (χ4v) is 3.15. The van der Waals surface area contributed by atoms with Crippen molar-refractivity contribution in [3.63, 3.8) is 0 Å². The van der Waals surface area contributed by atoms with E-state index < -0.39 is 5.60 Å². The third kappa shape index (κ3) is 3.62. The Kier molecular flexibility index (Phi) is 4.82. The number of aryl methyl sites for hydroxylation is 1. The van der Waals surface area contributed by atoms with Gasteiger partial charge in [0, 0.05) is 11.8 Å². The molecule has 7 nitrogen and oxygen atoms in total. The summed E-state index contributed by atoms with van der Waals surface area (Å²) in [5.41, 5.74) is 8.56. The van der Waals surface area contributed by atoms with Gasteiger partial charge in [-0.15, -0.1) is 0 Å². The van der Waals surface area contributed by atoms with Crippen LogP contribution in [0.2, 0.25) is 0 Å². The van der Waals surface area contributed by atoms with E-state index in [0.29, 0.717) is 30.7 Å². The minimum Gasteiger partial charge on any atom is -0.399 e. The summed E-state index contributed by atoms with van der Waals surface area (Å²) in [5.74, 6) is 1.24. The molecule has 0 aliphatic rings. The van der Waals surface area contributed by atoms with Crippen molar-refractivity contribution in [2.24, 2.45) is 5.16 Å². The summed E-state index contributed by atoms with van der Waals surface area (Å²) in [6.45, 7) is 5.89. The highest BCUT2D eigenvalue weighted by Crippen LogP contribution is 2.30. The first-order valence-electron chi connectivity index (χ1n) is 8.62. The van der Waals surface area contributed by atoms with Crippen LogP contribution in [0.1, 0.15) is 33.0 Å². The summed E-state index contributed by atoms with van der Waals surface area (Å²) in [5, 5.41) is 15.4. The second-order valence-electron chi connectivity index (χ2n) is 7.15. The number of anilines is 1. The monoisotopic (exact) mass is 355 g/mol. The standard InChI is InChI=1S/C19H25N5O2/c1-12(23-26-4)9-10-15-22-16-17(24(15)11-19(2,3)25)13-7-5-6-8-14(13)21-18(16)20/h5-8,25H,9-11H2,1-4H3,(H2,20,21)/b23-12+. The van der Waals surface area contributed by atoms with E-state index in [0.717, 1.165) is 28.0 Å². The third-order valence-corrected chi connectivity index (χ3v) is 4.19. The van der Waals surface area contributed by atoms with Crippen LogP contribution in [0, 0.1) is 0 Å². The molecule has 0 aliphatic heterocycles.